The molecule has 4 rings (SSSR count). The highest BCUT2D eigenvalue weighted by atomic mass is 16.5. The molecule has 2 aromatic carbocycles. The lowest BCUT2D eigenvalue weighted by Crippen LogP contribution is -2.25. The van der Waals surface area contributed by atoms with Gasteiger partial charge in [0.2, 0.25) is 0 Å². The van der Waals surface area contributed by atoms with Gasteiger partial charge in [0.1, 0.15) is 17.2 Å². The van der Waals surface area contributed by atoms with Gasteiger partial charge in [0.15, 0.2) is 5.54 Å². The standard InChI is InChI=1S/C20H20N2O2/c1-23-16-10-5-9-15(13-16)20(14-7-3-4-8-14)17-11-6-12-18(24-2)19(17)21-22-20/h5-7,9-13H,3-4,8H2,1-2H3. The number of ether oxygens (including phenoxy) is 2. The van der Waals surface area contributed by atoms with Crippen LogP contribution in [0.4, 0.5) is 5.69 Å². The molecule has 1 aliphatic heterocycles. The third-order valence-corrected chi connectivity index (χ3v) is 4.90. The van der Waals surface area contributed by atoms with Crippen LogP contribution in [0.5, 0.6) is 11.5 Å². The van der Waals surface area contributed by atoms with E-state index in [9.17, 15) is 0 Å². The van der Waals surface area contributed by atoms with Gasteiger partial charge in [-0.15, -0.1) is 0 Å². The van der Waals surface area contributed by atoms with Gasteiger partial charge in [-0.2, -0.15) is 10.2 Å². The monoisotopic (exact) mass is 320 g/mol. The van der Waals surface area contributed by atoms with E-state index in [1.807, 2.05) is 24.3 Å². The average molecular weight is 320 g/mol. The molecule has 0 bridgehead atoms. The summed E-state index contributed by atoms with van der Waals surface area (Å²) in [5.41, 5.74) is 3.76. The summed E-state index contributed by atoms with van der Waals surface area (Å²) >= 11 is 0. The van der Waals surface area contributed by atoms with Crippen molar-refractivity contribution in [3.05, 3.63) is 65.2 Å². The summed E-state index contributed by atoms with van der Waals surface area (Å²) in [4.78, 5) is 0. The minimum Gasteiger partial charge on any atom is -0.497 e. The summed E-state index contributed by atoms with van der Waals surface area (Å²) in [6.07, 6.45) is 5.60. The minimum absolute atomic E-state index is 0.561. The Labute approximate surface area is 141 Å². The molecule has 1 aliphatic carbocycles. The highest BCUT2D eigenvalue weighted by molar-refractivity contribution is 5.68. The van der Waals surface area contributed by atoms with Crippen LogP contribution < -0.4 is 9.47 Å². The summed E-state index contributed by atoms with van der Waals surface area (Å²) < 4.78 is 10.9. The molecule has 1 unspecified atom stereocenters. The van der Waals surface area contributed by atoms with Gasteiger partial charge in [-0.05, 0) is 48.6 Å². The fourth-order valence-corrected chi connectivity index (χ4v) is 3.74. The molecule has 0 fully saturated rings. The molecule has 2 aromatic rings. The number of nitrogens with zero attached hydrogens (tertiary/aromatic N) is 2. The topological polar surface area (TPSA) is 43.2 Å². The predicted octanol–water partition coefficient (Wildman–Crippen LogP) is 5.16. The number of fused-ring (bicyclic) bond motifs is 1. The maximum absolute atomic E-state index is 5.50. The molecule has 0 spiro atoms. The molecular formula is C20H20N2O2. The number of azo groups is 1. The largest absolute Gasteiger partial charge is 0.497 e. The molecule has 0 saturated heterocycles. The van der Waals surface area contributed by atoms with E-state index >= 15 is 0 Å². The van der Waals surface area contributed by atoms with Crippen LogP contribution in [-0.4, -0.2) is 14.2 Å². The van der Waals surface area contributed by atoms with Gasteiger partial charge in [-0.1, -0.05) is 30.3 Å². The van der Waals surface area contributed by atoms with Crippen LogP contribution in [-0.2, 0) is 5.54 Å². The Hall–Kier alpha value is -2.62. The third kappa shape index (κ3) is 2.06. The van der Waals surface area contributed by atoms with Gasteiger partial charge in [-0.3, -0.25) is 0 Å². The fraction of sp³-hybridized carbons (Fsp3) is 0.300. The SMILES string of the molecule is COc1cccc(C2(C3=CCCC3)N=Nc3c(OC)cccc32)c1. The Bertz CT molecular complexity index is 841. The molecule has 0 radical (unpaired) electrons. The van der Waals surface area contributed by atoms with Crippen molar-refractivity contribution >= 4 is 5.69 Å². The smallest absolute Gasteiger partial charge is 0.155 e. The summed E-state index contributed by atoms with van der Waals surface area (Å²) in [5, 5.41) is 9.31. The van der Waals surface area contributed by atoms with Crippen molar-refractivity contribution in [3.8, 4) is 11.5 Å². The molecule has 0 saturated carbocycles. The first-order chi connectivity index (χ1) is 11.8. The van der Waals surface area contributed by atoms with Gasteiger partial charge in [0.05, 0.1) is 14.2 Å². The molecule has 0 N–H and O–H groups in total. The van der Waals surface area contributed by atoms with E-state index < -0.39 is 5.54 Å². The molecule has 122 valence electrons. The number of hydrogen-bond donors (Lipinski definition) is 0. The Morgan fingerprint density at radius 3 is 2.67 bits per heavy atom. The maximum Gasteiger partial charge on any atom is 0.155 e. The molecule has 0 aromatic heterocycles. The third-order valence-electron chi connectivity index (χ3n) is 4.90. The average Bonchev–Trinajstić information content (AvgIpc) is 3.29. The van der Waals surface area contributed by atoms with E-state index in [-0.39, 0.29) is 0 Å². The lowest BCUT2D eigenvalue weighted by atomic mass is 9.77. The lowest BCUT2D eigenvalue weighted by Gasteiger charge is -2.29. The van der Waals surface area contributed by atoms with Crippen LogP contribution in [0.3, 0.4) is 0 Å². The first-order valence-corrected chi connectivity index (χ1v) is 8.24. The lowest BCUT2D eigenvalue weighted by molar-refractivity contribution is 0.413. The van der Waals surface area contributed by atoms with Crippen LogP contribution in [0.25, 0.3) is 0 Å². The quantitative estimate of drug-likeness (QED) is 0.731. The van der Waals surface area contributed by atoms with Gasteiger partial charge in [0, 0.05) is 5.56 Å². The van der Waals surface area contributed by atoms with Crippen molar-refractivity contribution in [1.82, 2.24) is 0 Å². The van der Waals surface area contributed by atoms with Crippen LogP contribution >= 0.6 is 0 Å². The zero-order chi connectivity index (χ0) is 16.6. The molecule has 0 amide bonds. The highest BCUT2D eigenvalue weighted by Crippen LogP contribution is 2.54. The Morgan fingerprint density at radius 2 is 1.92 bits per heavy atom. The van der Waals surface area contributed by atoms with Crippen molar-refractivity contribution in [1.29, 1.82) is 0 Å². The fourth-order valence-electron chi connectivity index (χ4n) is 3.74. The molecule has 24 heavy (non-hydrogen) atoms. The van der Waals surface area contributed by atoms with Gasteiger partial charge < -0.3 is 9.47 Å². The number of benzene rings is 2. The normalized spacial score (nSPS) is 21.5. The van der Waals surface area contributed by atoms with Gasteiger partial charge in [0.25, 0.3) is 0 Å². The molecule has 1 heterocycles. The van der Waals surface area contributed by atoms with E-state index in [4.69, 9.17) is 14.6 Å². The Balaban J connectivity index is 1.98. The predicted molar refractivity (Wildman–Crippen MR) is 93.2 cm³/mol. The van der Waals surface area contributed by atoms with Gasteiger partial charge >= 0.3 is 0 Å². The second kappa shape index (κ2) is 5.78. The van der Waals surface area contributed by atoms with E-state index in [0.717, 1.165) is 47.6 Å². The first-order valence-electron chi connectivity index (χ1n) is 8.24. The maximum atomic E-state index is 5.50. The molecular weight excluding hydrogens is 300 g/mol. The van der Waals surface area contributed by atoms with Crippen molar-refractivity contribution in [2.45, 2.75) is 24.8 Å². The van der Waals surface area contributed by atoms with E-state index in [0.29, 0.717) is 0 Å². The molecule has 4 nitrogen and oxygen atoms in total. The number of allylic oxidation sites excluding steroid dienone is 1. The van der Waals surface area contributed by atoms with Gasteiger partial charge in [-0.25, -0.2) is 0 Å². The molecule has 1 atom stereocenters. The van der Waals surface area contributed by atoms with Crippen molar-refractivity contribution in [2.75, 3.05) is 14.2 Å². The zero-order valence-electron chi connectivity index (χ0n) is 14.0. The summed E-state index contributed by atoms with van der Waals surface area (Å²) in [6, 6.07) is 14.2. The van der Waals surface area contributed by atoms with E-state index in [1.54, 1.807) is 14.2 Å². The van der Waals surface area contributed by atoms with Crippen molar-refractivity contribution in [3.63, 3.8) is 0 Å². The van der Waals surface area contributed by atoms with Crippen LogP contribution in [0.15, 0.2) is 64.3 Å². The van der Waals surface area contributed by atoms with Crippen LogP contribution in [0.2, 0.25) is 0 Å². The Kier molecular flexibility index (Phi) is 3.60. The van der Waals surface area contributed by atoms with E-state index in [2.05, 4.69) is 29.4 Å². The molecule has 4 heteroatoms. The molecule has 2 aliphatic rings. The van der Waals surface area contributed by atoms with Crippen LogP contribution in [0, 0.1) is 0 Å². The van der Waals surface area contributed by atoms with E-state index in [1.165, 1.54) is 5.57 Å². The summed E-state index contributed by atoms with van der Waals surface area (Å²) in [6.45, 7) is 0. The summed E-state index contributed by atoms with van der Waals surface area (Å²) in [7, 11) is 3.36. The van der Waals surface area contributed by atoms with Crippen molar-refractivity contribution in [2.24, 2.45) is 10.2 Å². The first kappa shape index (κ1) is 14.9. The summed E-state index contributed by atoms with van der Waals surface area (Å²) in [5.74, 6) is 1.59. The highest BCUT2D eigenvalue weighted by Gasteiger charge is 2.45. The minimum atomic E-state index is -0.561. The number of methoxy groups -OCH3 is 2. The van der Waals surface area contributed by atoms with Crippen molar-refractivity contribution < 1.29 is 9.47 Å². The van der Waals surface area contributed by atoms with Crippen LogP contribution in [0.1, 0.15) is 30.4 Å². The second-order valence-electron chi connectivity index (χ2n) is 6.12. The second-order valence-corrected chi connectivity index (χ2v) is 6.12. The zero-order valence-corrected chi connectivity index (χ0v) is 14.0. The number of rotatable bonds is 4. The number of hydrogen-bond acceptors (Lipinski definition) is 4. The Morgan fingerprint density at radius 1 is 1.04 bits per heavy atom.